The van der Waals surface area contributed by atoms with E-state index in [0.717, 1.165) is 37.9 Å². The molecule has 7 heteroatoms. The van der Waals surface area contributed by atoms with Gasteiger partial charge in [0, 0.05) is 35.9 Å². The number of nitrogens with zero attached hydrogens (tertiary/aromatic N) is 1. The molecule has 4 rings (SSSR count). The molecule has 0 amide bonds. The third kappa shape index (κ3) is 5.51. The zero-order chi connectivity index (χ0) is 21.8. The Kier molecular flexibility index (Phi) is 6.68. The van der Waals surface area contributed by atoms with Crippen molar-refractivity contribution in [1.82, 2.24) is 9.88 Å². The number of rotatable bonds is 8. The lowest BCUT2D eigenvalue weighted by atomic mass is 9.89. The van der Waals surface area contributed by atoms with Crippen LogP contribution in [0.5, 0.6) is 0 Å². The molecule has 0 unspecified atom stereocenters. The molecule has 2 aromatic carbocycles. The maximum absolute atomic E-state index is 12.6. The molecule has 1 fully saturated rings. The number of H-pyrrole nitrogens is 1. The number of aromatic amines is 1. The van der Waals surface area contributed by atoms with E-state index >= 15 is 0 Å². The molecule has 3 aromatic rings. The molecule has 1 N–H and O–H groups in total. The third-order valence-electron chi connectivity index (χ3n) is 6.01. The van der Waals surface area contributed by atoms with Crippen LogP contribution < -0.4 is 5.76 Å². The van der Waals surface area contributed by atoms with Crippen molar-refractivity contribution < 1.29 is 14.0 Å². The number of hydrogen-bond acceptors (Lipinski definition) is 5. The minimum Gasteiger partial charge on any atom is -0.408 e. The van der Waals surface area contributed by atoms with E-state index in [1.54, 1.807) is 18.2 Å². The van der Waals surface area contributed by atoms with Gasteiger partial charge >= 0.3 is 5.76 Å². The lowest BCUT2D eigenvalue weighted by molar-refractivity contribution is -0.124. The predicted octanol–water partition coefficient (Wildman–Crippen LogP) is 4.26. The summed E-state index contributed by atoms with van der Waals surface area (Å²) in [6.07, 6.45) is 3.39. The van der Waals surface area contributed by atoms with Crippen molar-refractivity contribution in [1.29, 1.82) is 0 Å². The topological polar surface area (TPSA) is 83.4 Å². The van der Waals surface area contributed by atoms with E-state index in [9.17, 15) is 14.4 Å². The van der Waals surface area contributed by atoms with Crippen LogP contribution in [0.25, 0.3) is 11.1 Å². The average Bonchev–Trinajstić information content (AvgIpc) is 3.16. The summed E-state index contributed by atoms with van der Waals surface area (Å²) in [5, 5.41) is 0.706. The summed E-state index contributed by atoms with van der Waals surface area (Å²) in [5.41, 5.74) is 2.66. The zero-order valence-electron chi connectivity index (χ0n) is 17.2. The van der Waals surface area contributed by atoms with E-state index < -0.39 is 5.76 Å². The Bertz CT molecular complexity index is 1120. The number of hydrogen-bond donors (Lipinski definition) is 1. The standard InChI is InChI=1S/C24H25ClN2O4/c25-19-5-1-16(2-6-19)3-8-21(28)17-9-12-27(13-10-17)14-11-22(29)18-4-7-20-23(15-18)31-24(30)26-20/h1-2,4-7,15,17H,3,8-14H2,(H,26,30). The molecule has 0 atom stereocenters. The first kappa shape index (κ1) is 21.5. The molecule has 0 saturated carbocycles. The van der Waals surface area contributed by atoms with Gasteiger partial charge in [0.15, 0.2) is 11.4 Å². The summed E-state index contributed by atoms with van der Waals surface area (Å²) in [4.78, 5) is 41.2. The highest BCUT2D eigenvalue weighted by atomic mass is 35.5. The normalized spacial score (nSPS) is 15.4. The highest BCUT2D eigenvalue weighted by Gasteiger charge is 2.25. The second-order valence-electron chi connectivity index (χ2n) is 8.11. The van der Waals surface area contributed by atoms with Crippen molar-refractivity contribution in [3.8, 4) is 0 Å². The van der Waals surface area contributed by atoms with Gasteiger partial charge in [-0.2, -0.15) is 0 Å². The molecule has 6 nitrogen and oxygen atoms in total. The largest absolute Gasteiger partial charge is 0.417 e. The van der Waals surface area contributed by atoms with Crippen molar-refractivity contribution in [2.45, 2.75) is 32.1 Å². The van der Waals surface area contributed by atoms with Gasteiger partial charge in [-0.05, 0) is 68.2 Å². The van der Waals surface area contributed by atoms with Crippen LogP contribution in [0.3, 0.4) is 0 Å². The number of carbonyl (C=O) groups is 2. The van der Waals surface area contributed by atoms with Crippen LogP contribution in [0.1, 0.15) is 41.6 Å². The fraction of sp³-hybridized carbons (Fsp3) is 0.375. The van der Waals surface area contributed by atoms with Gasteiger partial charge in [-0.3, -0.25) is 14.6 Å². The molecular formula is C24H25ClN2O4. The molecule has 0 aliphatic carbocycles. The molecule has 162 valence electrons. The van der Waals surface area contributed by atoms with Crippen LogP contribution in [0.4, 0.5) is 0 Å². The van der Waals surface area contributed by atoms with Gasteiger partial charge in [0.1, 0.15) is 5.78 Å². The molecule has 1 saturated heterocycles. The smallest absolute Gasteiger partial charge is 0.408 e. The number of piperidine rings is 1. The Morgan fingerprint density at radius 2 is 1.81 bits per heavy atom. The van der Waals surface area contributed by atoms with Crippen molar-refractivity contribution in [3.05, 3.63) is 69.2 Å². The number of aromatic nitrogens is 1. The second kappa shape index (κ2) is 9.62. The Morgan fingerprint density at radius 1 is 1.06 bits per heavy atom. The van der Waals surface area contributed by atoms with Gasteiger partial charge in [0.05, 0.1) is 5.52 Å². The predicted molar refractivity (Wildman–Crippen MR) is 120 cm³/mol. The summed E-state index contributed by atoms with van der Waals surface area (Å²) in [5.74, 6) is -0.0674. The molecular weight excluding hydrogens is 416 g/mol. The Morgan fingerprint density at radius 3 is 2.55 bits per heavy atom. The molecule has 1 aliphatic rings. The van der Waals surface area contributed by atoms with Crippen molar-refractivity contribution in [3.63, 3.8) is 0 Å². The van der Waals surface area contributed by atoms with Crippen LogP contribution in [0.15, 0.2) is 51.7 Å². The van der Waals surface area contributed by atoms with Crippen LogP contribution in [0.2, 0.25) is 5.02 Å². The van der Waals surface area contributed by atoms with Crippen molar-refractivity contribution in [2.75, 3.05) is 19.6 Å². The number of ketones is 2. The van der Waals surface area contributed by atoms with Crippen molar-refractivity contribution in [2.24, 2.45) is 5.92 Å². The van der Waals surface area contributed by atoms with Gasteiger partial charge in [-0.1, -0.05) is 23.7 Å². The number of likely N-dealkylation sites (tertiary alicyclic amines) is 1. The molecule has 0 bridgehead atoms. The molecule has 1 aliphatic heterocycles. The number of halogens is 1. The first-order valence-corrected chi connectivity index (χ1v) is 11.0. The average molecular weight is 441 g/mol. The number of oxazole rings is 1. The van der Waals surface area contributed by atoms with Crippen LogP contribution in [0, 0.1) is 5.92 Å². The molecule has 0 radical (unpaired) electrons. The van der Waals surface area contributed by atoms with Gasteiger partial charge < -0.3 is 9.32 Å². The quantitative estimate of drug-likeness (QED) is 0.529. The number of fused-ring (bicyclic) bond motifs is 1. The SMILES string of the molecule is O=C(CCN1CCC(C(=O)CCc2ccc(Cl)cc2)CC1)c1ccc2[nH]c(=O)oc2c1. The number of carbonyl (C=O) groups excluding carboxylic acids is 2. The molecule has 1 aromatic heterocycles. The van der Waals surface area contributed by atoms with E-state index in [0.29, 0.717) is 46.9 Å². The Balaban J connectivity index is 1.21. The lowest BCUT2D eigenvalue weighted by Gasteiger charge is -2.31. The highest BCUT2D eigenvalue weighted by molar-refractivity contribution is 6.30. The monoisotopic (exact) mass is 440 g/mol. The molecule has 31 heavy (non-hydrogen) atoms. The maximum atomic E-state index is 12.6. The summed E-state index contributed by atoms with van der Waals surface area (Å²) in [6, 6.07) is 12.7. The number of Topliss-reactive ketones (excluding diaryl/α,β-unsaturated/α-hetero) is 2. The van der Waals surface area contributed by atoms with E-state index in [-0.39, 0.29) is 11.7 Å². The second-order valence-corrected chi connectivity index (χ2v) is 8.54. The summed E-state index contributed by atoms with van der Waals surface area (Å²) >= 11 is 5.90. The van der Waals surface area contributed by atoms with Gasteiger partial charge in [-0.15, -0.1) is 0 Å². The Hall–Kier alpha value is -2.70. The maximum Gasteiger partial charge on any atom is 0.417 e. The number of nitrogens with one attached hydrogen (secondary N) is 1. The van der Waals surface area contributed by atoms with E-state index in [4.69, 9.17) is 16.0 Å². The summed E-state index contributed by atoms with van der Waals surface area (Å²) in [7, 11) is 0. The number of benzene rings is 2. The molecule has 0 spiro atoms. The van der Waals surface area contributed by atoms with Gasteiger partial charge in [-0.25, -0.2) is 4.79 Å². The van der Waals surface area contributed by atoms with E-state index in [1.807, 2.05) is 24.3 Å². The first-order valence-electron chi connectivity index (χ1n) is 10.6. The minimum absolute atomic E-state index is 0.0203. The summed E-state index contributed by atoms with van der Waals surface area (Å²) in [6.45, 7) is 2.33. The lowest BCUT2D eigenvalue weighted by Crippen LogP contribution is -2.37. The zero-order valence-corrected chi connectivity index (χ0v) is 18.0. The third-order valence-corrected chi connectivity index (χ3v) is 6.27. The number of aryl methyl sites for hydroxylation is 1. The highest BCUT2D eigenvalue weighted by Crippen LogP contribution is 2.21. The summed E-state index contributed by atoms with van der Waals surface area (Å²) < 4.78 is 5.03. The van der Waals surface area contributed by atoms with Gasteiger partial charge in [0.2, 0.25) is 0 Å². The van der Waals surface area contributed by atoms with Crippen molar-refractivity contribution >= 4 is 34.3 Å². The fourth-order valence-corrected chi connectivity index (χ4v) is 4.25. The van der Waals surface area contributed by atoms with Crippen LogP contribution >= 0.6 is 11.6 Å². The van der Waals surface area contributed by atoms with E-state index in [2.05, 4.69) is 9.88 Å². The molecule has 2 heterocycles. The van der Waals surface area contributed by atoms with Crippen LogP contribution in [-0.4, -0.2) is 41.1 Å². The van der Waals surface area contributed by atoms with Gasteiger partial charge in [0.25, 0.3) is 0 Å². The first-order chi connectivity index (χ1) is 15.0. The minimum atomic E-state index is -0.523. The fourth-order valence-electron chi connectivity index (χ4n) is 4.12. The van der Waals surface area contributed by atoms with Crippen LogP contribution in [-0.2, 0) is 11.2 Å². The van der Waals surface area contributed by atoms with E-state index in [1.165, 1.54) is 0 Å². The Labute approximate surface area is 185 Å².